The monoisotopic (exact) mass is 536 g/mol. The van der Waals surface area contributed by atoms with Crippen molar-refractivity contribution in [1.29, 1.82) is 0 Å². The van der Waals surface area contributed by atoms with E-state index in [2.05, 4.69) is 94.9 Å². The van der Waals surface area contributed by atoms with E-state index in [1.807, 2.05) is 0 Å². The highest BCUT2D eigenvalue weighted by atomic mass is 16.5. The predicted molar refractivity (Wildman–Crippen MR) is 171 cm³/mol. The number of hydrogen-bond acceptors (Lipinski definition) is 2. The van der Waals surface area contributed by atoms with Crippen molar-refractivity contribution in [3.05, 3.63) is 0 Å². The van der Waals surface area contributed by atoms with Crippen LogP contribution in [0.4, 0.5) is 0 Å². The van der Waals surface area contributed by atoms with Crippen LogP contribution in [0.5, 0.6) is 0 Å². The lowest BCUT2D eigenvalue weighted by atomic mass is 9.56. The average molecular weight is 536 g/mol. The molecule has 38 heavy (non-hydrogen) atoms. The van der Waals surface area contributed by atoms with Crippen molar-refractivity contribution in [3.8, 4) is 0 Å². The molecule has 0 bridgehead atoms. The van der Waals surface area contributed by atoms with Gasteiger partial charge in [0.1, 0.15) is 0 Å². The molecule has 2 heterocycles. The fourth-order valence-corrected chi connectivity index (χ4v) is 6.38. The van der Waals surface area contributed by atoms with Gasteiger partial charge in [-0.05, 0) is 119 Å². The molecule has 0 atom stereocenters. The maximum Gasteiger partial charge on any atom is 0.0468 e. The first-order valence-corrected chi connectivity index (χ1v) is 16.6. The van der Waals surface area contributed by atoms with Crippen LogP contribution in [0.2, 0.25) is 0 Å². The van der Waals surface area contributed by atoms with Gasteiger partial charge in [0.05, 0.1) is 0 Å². The quantitative estimate of drug-likeness (QED) is 0.306. The van der Waals surface area contributed by atoms with Gasteiger partial charge < -0.3 is 4.74 Å². The minimum atomic E-state index is 0.413. The average Bonchev–Trinajstić information content (AvgIpc) is 3.34. The van der Waals surface area contributed by atoms with Gasteiger partial charge >= 0.3 is 0 Å². The summed E-state index contributed by atoms with van der Waals surface area (Å²) in [6.45, 7) is 35.0. The van der Waals surface area contributed by atoms with E-state index in [4.69, 9.17) is 4.74 Å². The third-order valence-electron chi connectivity index (χ3n) is 10.6. The Bertz CT molecular complexity index is 574. The topological polar surface area (TPSA) is 12.5 Å². The minimum Gasteiger partial charge on any atom is -0.381 e. The van der Waals surface area contributed by atoms with Crippen molar-refractivity contribution in [2.45, 2.75) is 173 Å². The van der Waals surface area contributed by atoms with Gasteiger partial charge in [-0.2, -0.15) is 0 Å². The van der Waals surface area contributed by atoms with Gasteiger partial charge in [0.15, 0.2) is 0 Å². The molecule has 0 aromatic rings. The molecule has 2 aliphatic carbocycles. The number of nitrogens with zero attached hydrogens (tertiary/aromatic N) is 1. The van der Waals surface area contributed by atoms with Crippen molar-refractivity contribution in [2.24, 2.45) is 33.5 Å². The molecule has 4 aliphatic rings. The van der Waals surface area contributed by atoms with Crippen molar-refractivity contribution >= 4 is 0 Å². The molecule has 0 spiro atoms. The largest absolute Gasteiger partial charge is 0.381 e. The summed E-state index contributed by atoms with van der Waals surface area (Å²) in [5.74, 6) is 1.88. The Morgan fingerprint density at radius 3 is 1.18 bits per heavy atom. The molecule has 0 aromatic heterocycles. The van der Waals surface area contributed by atoms with E-state index in [1.54, 1.807) is 0 Å². The molecule has 0 radical (unpaired) electrons. The summed E-state index contributed by atoms with van der Waals surface area (Å²) in [5, 5.41) is 0. The van der Waals surface area contributed by atoms with E-state index in [0.717, 1.165) is 25.0 Å². The van der Waals surface area contributed by atoms with Gasteiger partial charge in [-0.1, -0.05) is 94.9 Å². The lowest BCUT2D eigenvalue weighted by Crippen LogP contribution is -2.38. The third kappa shape index (κ3) is 13.1. The maximum absolute atomic E-state index is 5.29. The molecular weight excluding hydrogens is 462 g/mol. The lowest BCUT2D eigenvalue weighted by Gasteiger charge is -2.49. The van der Waals surface area contributed by atoms with Gasteiger partial charge in [-0.25, -0.2) is 0 Å². The summed E-state index contributed by atoms with van der Waals surface area (Å²) in [4.78, 5) is 2.55. The molecule has 0 N–H and O–H groups in total. The van der Waals surface area contributed by atoms with E-state index < -0.39 is 0 Å². The molecule has 2 nitrogen and oxygen atoms in total. The highest BCUT2D eigenvalue weighted by Gasteiger charge is 2.41. The Balaban J connectivity index is 0.000000254. The Hall–Kier alpha value is -0.0800. The van der Waals surface area contributed by atoms with E-state index in [0.29, 0.717) is 27.2 Å². The van der Waals surface area contributed by atoms with Crippen LogP contribution in [-0.2, 0) is 4.74 Å². The first-order valence-electron chi connectivity index (χ1n) is 16.6. The standard InChI is InChI=1S/C10H20.C9H18O.C9H18.C8H17N/c1-10(2,3)9-7-5-4-6-8-9;1-9(2,3)8-4-6-10-7-5-8;1-8(2,3)9(4)6-5-7-9;1-8(2,3)9-6-4-5-7-9/h9H,4-8H2,1-3H3;8H,4-7H2,1-3H3;5-7H2,1-4H3;4-7H2,1-3H3. The Kier molecular flexibility index (Phi) is 14.4. The second-order valence-corrected chi connectivity index (χ2v) is 17.5. The third-order valence-corrected chi connectivity index (χ3v) is 10.6. The first-order chi connectivity index (χ1) is 17.3. The van der Waals surface area contributed by atoms with E-state index in [9.17, 15) is 0 Å². The summed E-state index contributed by atoms with van der Waals surface area (Å²) >= 11 is 0. The number of likely N-dealkylation sites (tertiary alicyclic amines) is 1. The molecule has 4 fully saturated rings. The zero-order chi connectivity index (χ0) is 29.3. The minimum absolute atomic E-state index is 0.413. The first kappa shape index (κ1) is 35.9. The normalized spacial score (nSPS) is 23.6. The van der Waals surface area contributed by atoms with Crippen LogP contribution in [0.15, 0.2) is 0 Å². The summed E-state index contributed by atoms with van der Waals surface area (Å²) < 4.78 is 5.29. The molecule has 0 aromatic carbocycles. The second kappa shape index (κ2) is 15.2. The fraction of sp³-hybridized carbons (Fsp3) is 1.00. The van der Waals surface area contributed by atoms with Crippen LogP contribution in [-0.4, -0.2) is 36.7 Å². The fourth-order valence-electron chi connectivity index (χ4n) is 6.38. The van der Waals surface area contributed by atoms with Crippen LogP contribution in [0.1, 0.15) is 167 Å². The summed E-state index contributed by atoms with van der Waals surface area (Å²) in [7, 11) is 0. The molecule has 2 saturated carbocycles. The number of ether oxygens (including phenoxy) is 1. The molecular formula is C36H73NO. The molecule has 0 unspecified atom stereocenters. The second-order valence-electron chi connectivity index (χ2n) is 17.5. The summed E-state index contributed by atoms with van der Waals surface area (Å²) in [5.41, 5.74) is 2.67. The maximum atomic E-state index is 5.29. The van der Waals surface area contributed by atoms with Gasteiger partial charge in [-0.3, -0.25) is 4.90 Å². The SMILES string of the molecule is CC(C)(C)C1(C)CCC1.CC(C)(C)C1CCCCC1.CC(C)(C)C1CCOCC1.CC(C)(C)N1CCCC1. The molecule has 2 saturated heterocycles. The molecule has 228 valence electrons. The van der Waals surface area contributed by atoms with Crippen LogP contribution in [0.25, 0.3) is 0 Å². The van der Waals surface area contributed by atoms with Crippen LogP contribution in [0, 0.1) is 33.5 Å². The van der Waals surface area contributed by atoms with E-state index in [-0.39, 0.29) is 0 Å². The zero-order valence-corrected chi connectivity index (χ0v) is 28.8. The highest BCUT2D eigenvalue weighted by molar-refractivity contribution is 4.92. The number of hydrogen-bond donors (Lipinski definition) is 0. The van der Waals surface area contributed by atoms with Crippen LogP contribution >= 0.6 is 0 Å². The van der Waals surface area contributed by atoms with Crippen LogP contribution in [0.3, 0.4) is 0 Å². The lowest BCUT2D eigenvalue weighted by molar-refractivity contribution is 0.0176. The Morgan fingerprint density at radius 1 is 0.553 bits per heavy atom. The van der Waals surface area contributed by atoms with Gasteiger partial charge in [0, 0.05) is 18.8 Å². The molecule has 0 amide bonds. The molecule has 2 heteroatoms. The molecule has 4 rings (SSSR count). The van der Waals surface area contributed by atoms with Crippen molar-refractivity contribution in [3.63, 3.8) is 0 Å². The Labute approximate surface area is 241 Å². The Morgan fingerprint density at radius 2 is 0.974 bits per heavy atom. The van der Waals surface area contributed by atoms with Crippen LogP contribution < -0.4 is 0 Å². The molecule has 2 aliphatic heterocycles. The van der Waals surface area contributed by atoms with E-state index >= 15 is 0 Å². The predicted octanol–water partition coefficient (Wildman–Crippen LogP) is 11.2. The highest BCUT2D eigenvalue weighted by Crippen LogP contribution is 2.53. The summed E-state index contributed by atoms with van der Waals surface area (Å²) in [6.07, 6.45) is 17.0. The van der Waals surface area contributed by atoms with Gasteiger partial charge in [-0.15, -0.1) is 0 Å². The van der Waals surface area contributed by atoms with E-state index in [1.165, 1.54) is 90.1 Å². The van der Waals surface area contributed by atoms with Gasteiger partial charge in [0.2, 0.25) is 0 Å². The summed E-state index contributed by atoms with van der Waals surface area (Å²) in [6, 6.07) is 0. The zero-order valence-electron chi connectivity index (χ0n) is 28.8. The van der Waals surface area contributed by atoms with Crippen molar-refractivity contribution < 1.29 is 4.74 Å². The number of rotatable bonds is 0. The smallest absolute Gasteiger partial charge is 0.0468 e. The van der Waals surface area contributed by atoms with Gasteiger partial charge in [0.25, 0.3) is 0 Å². The van der Waals surface area contributed by atoms with Crippen molar-refractivity contribution in [2.75, 3.05) is 26.3 Å². The van der Waals surface area contributed by atoms with Crippen molar-refractivity contribution in [1.82, 2.24) is 4.90 Å².